The molecule has 0 fully saturated rings. The molecule has 2 aromatic carbocycles. The number of hydrogen-bond donors (Lipinski definition) is 0. The molecule has 112 valence electrons. The van der Waals surface area contributed by atoms with Crippen LogP contribution in [-0.4, -0.2) is 13.7 Å². The van der Waals surface area contributed by atoms with E-state index in [0.717, 1.165) is 42.7 Å². The molecule has 2 aromatic rings. The highest BCUT2D eigenvalue weighted by atomic mass is 79.9. The number of halogens is 1. The van der Waals surface area contributed by atoms with Gasteiger partial charge in [-0.25, -0.2) is 0 Å². The van der Waals surface area contributed by atoms with Crippen LogP contribution in [0.1, 0.15) is 24.0 Å². The molecule has 0 aliphatic heterocycles. The monoisotopic (exact) mass is 348 g/mol. The highest BCUT2D eigenvalue weighted by Crippen LogP contribution is 2.29. The van der Waals surface area contributed by atoms with Gasteiger partial charge >= 0.3 is 0 Å². The predicted molar refractivity (Wildman–Crippen MR) is 90.5 cm³/mol. The fourth-order valence-electron chi connectivity index (χ4n) is 2.17. The highest BCUT2D eigenvalue weighted by Gasteiger charge is 2.05. The van der Waals surface area contributed by atoms with Crippen LogP contribution in [-0.2, 0) is 11.8 Å². The summed E-state index contributed by atoms with van der Waals surface area (Å²) >= 11 is 3.44. The van der Waals surface area contributed by atoms with E-state index in [2.05, 4.69) is 52.3 Å². The summed E-state index contributed by atoms with van der Waals surface area (Å²) in [5.74, 6) is 1.62. The number of hydrogen-bond acceptors (Lipinski definition) is 2. The van der Waals surface area contributed by atoms with Crippen molar-refractivity contribution in [1.82, 2.24) is 0 Å². The molecule has 0 atom stereocenters. The Morgan fingerprint density at radius 1 is 0.905 bits per heavy atom. The van der Waals surface area contributed by atoms with Crippen LogP contribution in [0, 0.1) is 0 Å². The minimum absolute atomic E-state index is 0.719. The van der Waals surface area contributed by atoms with Gasteiger partial charge in [-0.05, 0) is 42.5 Å². The number of unbranched alkanes of at least 4 members (excludes halogenated alkanes) is 1. The van der Waals surface area contributed by atoms with Crippen LogP contribution >= 0.6 is 15.9 Å². The van der Waals surface area contributed by atoms with Crippen molar-refractivity contribution >= 4 is 15.9 Å². The van der Waals surface area contributed by atoms with Crippen LogP contribution in [0.2, 0.25) is 0 Å². The molecule has 0 saturated carbocycles. The first-order chi connectivity index (χ1) is 10.3. The van der Waals surface area contributed by atoms with Gasteiger partial charge in [-0.2, -0.15) is 0 Å². The van der Waals surface area contributed by atoms with E-state index in [9.17, 15) is 0 Å². The van der Waals surface area contributed by atoms with Crippen molar-refractivity contribution in [2.45, 2.75) is 24.6 Å². The van der Waals surface area contributed by atoms with Crippen molar-refractivity contribution in [3.63, 3.8) is 0 Å². The van der Waals surface area contributed by atoms with E-state index in [0.29, 0.717) is 0 Å². The molecule has 0 aliphatic carbocycles. The lowest BCUT2D eigenvalue weighted by molar-refractivity contribution is 0.286. The van der Waals surface area contributed by atoms with E-state index in [-0.39, 0.29) is 0 Å². The molecular weight excluding hydrogens is 328 g/mol. The van der Waals surface area contributed by atoms with Gasteiger partial charge in [-0.15, -0.1) is 0 Å². The van der Waals surface area contributed by atoms with Crippen LogP contribution in [0.25, 0.3) is 0 Å². The molecule has 0 aliphatic rings. The van der Waals surface area contributed by atoms with Crippen molar-refractivity contribution < 1.29 is 9.47 Å². The van der Waals surface area contributed by atoms with Crippen LogP contribution in [0.3, 0.4) is 0 Å². The fraction of sp³-hybridized carbons (Fsp3) is 0.333. The largest absolute Gasteiger partial charge is 0.493 e. The van der Waals surface area contributed by atoms with Crippen molar-refractivity contribution in [1.29, 1.82) is 0 Å². The Morgan fingerprint density at radius 2 is 1.71 bits per heavy atom. The summed E-state index contributed by atoms with van der Waals surface area (Å²) in [6.07, 6.45) is 3.27. The fourth-order valence-corrected chi connectivity index (χ4v) is 2.52. The summed E-state index contributed by atoms with van der Waals surface area (Å²) in [5, 5.41) is 0.820. The molecule has 2 nitrogen and oxygen atoms in total. The maximum absolute atomic E-state index is 5.83. The van der Waals surface area contributed by atoms with Crippen molar-refractivity contribution in [3.05, 3.63) is 59.7 Å². The Hall–Kier alpha value is -1.48. The van der Waals surface area contributed by atoms with Gasteiger partial charge in [-0.3, -0.25) is 0 Å². The molecule has 0 aromatic heterocycles. The molecule has 0 bridgehead atoms. The van der Waals surface area contributed by atoms with Crippen molar-refractivity contribution in [2.24, 2.45) is 0 Å². The third-order valence-electron chi connectivity index (χ3n) is 3.34. The van der Waals surface area contributed by atoms with Crippen LogP contribution in [0.15, 0.2) is 48.5 Å². The molecule has 21 heavy (non-hydrogen) atoms. The standard InChI is InChI=1S/C18H21BrO2/c1-20-18-13-16(14-19)10-11-17(18)21-12-6-5-9-15-7-3-2-4-8-15/h2-4,7-8,10-11,13H,5-6,9,12,14H2,1H3. The SMILES string of the molecule is COc1cc(CBr)ccc1OCCCCc1ccccc1. The molecule has 0 unspecified atom stereocenters. The number of ether oxygens (including phenoxy) is 2. The molecule has 0 saturated heterocycles. The molecule has 0 radical (unpaired) electrons. The second-order valence-corrected chi connectivity index (χ2v) is 5.47. The molecular formula is C18H21BrO2. The lowest BCUT2D eigenvalue weighted by atomic mass is 10.1. The van der Waals surface area contributed by atoms with E-state index in [1.807, 2.05) is 12.1 Å². The second-order valence-electron chi connectivity index (χ2n) is 4.91. The first kappa shape index (κ1) is 15.9. The Labute approximate surface area is 135 Å². The van der Waals surface area contributed by atoms with E-state index in [1.165, 1.54) is 11.1 Å². The molecule has 0 spiro atoms. The van der Waals surface area contributed by atoms with Gasteiger partial charge < -0.3 is 9.47 Å². The third-order valence-corrected chi connectivity index (χ3v) is 3.99. The smallest absolute Gasteiger partial charge is 0.161 e. The first-order valence-corrected chi connectivity index (χ1v) is 8.35. The predicted octanol–water partition coefficient (Wildman–Crippen LogP) is 4.99. The summed E-state index contributed by atoms with van der Waals surface area (Å²) in [5.41, 5.74) is 2.57. The number of methoxy groups -OCH3 is 1. The van der Waals surface area contributed by atoms with Gasteiger partial charge in [0.25, 0.3) is 0 Å². The van der Waals surface area contributed by atoms with E-state index >= 15 is 0 Å². The zero-order chi connectivity index (χ0) is 14.9. The maximum atomic E-state index is 5.83. The number of aryl methyl sites for hydroxylation is 1. The summed E-state index contributed by atoms with van der Waals surface area (Å²) < 4.78 is 11.2. The highest BCUT2D eigenvalue weighted by molar-refractivity contribution is 9.08. The summed E-state index contributed by atoms with van der Waals surface area (Å²) in [6.45, 7) is 0.719. The van der Waals surface area contributed by atoms with E-state index in [4.69, 9.17) is 9.47 Å². The quantitative estimate of drug-likeness (QED) is 0.494. The zero-order valence-corrected chi connectivity index (χ0v) is 13.9. The average molecular weight is 349 g/mol. The van der Waals surface area contributed by atoms with Gasteiger partial charge in [0, 0.05) is 5.33 Å². The molecule has 2 rings (SSSR count). The Balaban J connectivity index is 1.76. The van der Waals surface area contributed by atoms with Crippen molar-refractivity contribution in [3.8, 4) is 11.5 Å². The van der Waals surface area contributed by atoms with Gasteiger partial charge in [-0.1, -0.05) is 52.3 Å². The van der Waals surface area contributed by atoms with Crippen LogP contribution in [0.5, 0.6) is 11.5 Å². The minimum Gasteiger partial charge on any atom is -0.493 e. The normalized spacial score (nSPS) is 10.4. The summed E-state index contributed by atoms with van der Waals surface area (Å²) in [6, 6.07) is 16.6. The maximum Gasteiger partial charge on any atom is 0.161 e. The Kier molecular flexibility index (Phi) is 6.61. The van der Waals surface area contributed by atoms with Crippen LogP contribution in [0.4, 0.5) is 0 Å². The number of rotatable bonds is 8. The number of alkyl halides is 1. The van der Waals surface area contributed by atoms with E-state index in [1.54, 1.807) is 7.11 Å². The summed E-state index contributed by atoms with van der Waals surface area (Å²) in [7, 11) is 1.68. The summed E-state index contributed by atoms with van der Waals surface area (Å²) in [4.78, 5) is 0. The Bertz CT molecular complexity index is 540. The molecule has 0 heterocycles. The van der Waals surface area contributed by atoms with Gasteiger partial charge in [0.1, 0.15) is 0 Å². The second kappa shape index (κ2) is 8.73. The topological polar surface area (TPSA) is 18.5 Å². The van der Waals surface area contributed by atoms with Gasteiger partial charge in [0.05, 0.1) is 13.7 Å². The van der Waals surface area contributed by atoms with Gasteiger partial charge in [0.2, 0.25) is 0 Å². The molecule has 0 amide bonds. The van der Waals surface area contributed by atoms with Gasteiger partial charge in [0.15, 0.2) is 11.5 Å². The lowest BCUT2D eigenvalue weighted by Crippen LogP contribution is -2.00. The van der Waals surface area contributed by atoms with Crippen LogP contribution < -0.4 is 9.47 Å². The lowest BCUT2D eigenvalue weighted by Gasteiger charge is -2.11. The molecule has 3 heteroatoms. The van der Waals surface area contributed by atoms with Crippen molar-refractivity contribution in [2.75, 3.05) is 13.7 Å². The minimum atomic E-state index is 0.719. The Morgan fingerprint density at radius 3 is 2.43 bits per heavy atom. The first-order valence-electron chi connectivity index (χ1n) is 7.23. The third kappa shape index (κ3) is 5.09. The average Bonchev–Trinajstić information content (AvgIpc) is 2.55. The number of benzene rings is 2. The molecule has 0 N–H and O–H groups in total. The van der Waals surface area contributed by atoms with E-state index < -0.39 is 0 Å². The zero-order valence-electron chi connectivity index (χ0n) is 12.3.